The van der Waals surface area contributed by atoms with E-state index in [0.717, 1.165) is 29.9 Å². The molecule has 0 unspecified atom stereocenters. The maximum Gasteiger partial charge on any atom is 0.224 e. The molecule has 0 radical (unpaired) electrons. The summed E-state index contributed by atoms with van der Waals surface area (Å²) in [5.74, 6) is 3.73. The highest BCUT2D eigenvalue weighted by atomic mass is 32.2. The van der Waals surface area contributed by atoms with Crippen molar-refractivity contribution < 1.29 is 19.0 Å². The third-order valence-corrected chi connectivity index (χ3v) is 7.57. The second kappa shape index (κ2) is 12.0. The summed E-state index contributed by atoms with van der Waals surface area (Å²) in [4.78, 5) is 13.7. The summed E-state index contributed by atoms with van der Waals surface area (Å²) in [6.45, 7) is 2.85. The van der Waals surface area contributed by atoms with Gasteiger partial charge >= 0.3 is 0 Å². The second-order valence-electron chi connectivity index (χ2n) is 8.87. The standard InChI is InChI=1S/C29H33NO4S/c1-20(19-35-24-7-5-4-6-8-24)26-18-23-11-9-21(15-27(23)34-26)13-14-30-29(31)17-22-10-12-25(32-2)28(16-22)33-3/h4-12,15-16,20,26H,13-14,17-19H2,1-3H3,(H,30,31)/t20-,26-/m1/s1. The average molecular weight is 492 g/mol. The zero-order chi connectivity index (χ0) is 24.6. The minimum absolute atomic E-state index is 0.0144. The Labute approximate surface area is 212 Å². The van der Waals surface area contributed by atoms with Crippen LogP contribution in [0.15, 0.2) is 71.6 Å². The molecule has 4 rings (SSSR count). The molecule has 184 valence electrons. The van der Waals surface area contributed by atoms with Crippen LogP contribution in [0.3, 0.4) is 0 Å². The predicted octanol–water partition coefficient (Wildman–Crippen LogP) is 5.34. The minimum Gasteiger partial charge on any atom is -0.493 e. The molecule has 0 spiro atoms. The van der Waals surface area contributed by atoms with Crippen LogP contribution in [0.1, 0.15) is 23.6 Å². The molecule has 2 atom stereocenters. The van der Waals surface area contributed by atoms with E-state index in [9.17, 15) is 4.79 Å². The lowest BCUT2D eigenvalue weighted by molar-refractivity contribution is -0.120. The number of amides is 1. The van der Waals surface area contributed by atoms with Gasteiger partial charge in [-0.25, -0.2) is 0 Å². The number of carbonyl (C=O) groups is 1. The second-order valence-corrected chi connectivity index (χ2v) is 9.96. The first kappa shape index (κ1) is 25.0. The quantitative estimate of drug-likeness (QED) is 0.367. The predicted molar refractivity (Wildman–Crippen MR) is 141 cm³/mol. The molecule has 0 bridgehead atoms. The van der Waals surface area contributed by atoms with Gasteiger partial charge in [0, 0.05) is 29.5 Å². The molecule has 1 N–H and O–H groups in total. The van der Waals surface area contributed by atoms with E-state index < -0.39 is 0 Å². The molecule has 3 aromatic rings. The Balaban J connectivity index is 1.23. The van der Waals surface area contributed by atoms with Crippen LogP contribution in [0.4, 0.5) is 0 Å². The Hall–Kier alpha value is -3.12. The first-order valence-corrected chi connectivity index (χ1v) is 13.0. The van der Waals surface area contributed by atoms with Crippen LogP contribution >= 0.6 is 11.8 Å². The minimum atomic E-state index is -0.0144. The van der Waals surface area contributed by atoms with E-state index in [2.05, 4.69) is 54.7 Å². The molecule has 0 saturated carbocycles. The molecular formula is C29H33NO4S. The van der Waals surface area contributed by atoms with Crippen molar-refractivity contribution in [1.29, 1.82) is 0 Å². The highest BCUT2D eigenvalue weighted by Gasteiger charge is 2.28. The first-order chi connectivity index (χ1) is 17.1. The number of rotatable bonds is 11. The van der Waals surface area contributed by atoms with Crippen LogP contribution in [0.2, 0.25) is 0 Å². The van der Waals surface area contributed by atoms with Gasteiger partial charge in [-0.15, -0.1) is 11.8 Å². The van der Waals surface area contributed by atoms with Crippen LogP contribution in [0.25, 0.3) is 0 Å². The van der Waals surface area contributed by atoms with Crippen LogP contribution < -0.4 is 19.5 Å². The molecule has 0 aromatic heterocycles. The smallest absolute Gasteiger partial charge is 0.224 e. The molecule has 3 aromatic carbocycles. The summed E-state index contributed by atoms with van der Waals surface area (Å²) in [6, 6.07) is 22.5. The van der Waals surface area contributed by atoms with Gasteiger partial charge in [-0.3, -0.25) is 4.79 Å². The number of fused-ring (bicyclic) bond motifs is 1. The topological polar surface area (TPSA) is 56.8 Å². The van der Waals surface area contributed by atoms with E-state index in [0.29, 0.717) is 30.4 Å². The molecule has 5 nitrogen and oxygen atoms in total. The largest absolute Gasteiger partial charge is 0.493 e. The van der Waals surface area contributed by atoms with Crippen LogP contribution in [0, 0.1) is 5.92 Å². The molecule has 6 heteroatoms. The number of carbonyl (C=O) groups excluding carboxylic acids is 1. The van der Waals surface area contributed by atoms with Crippen molar-refractivity contribution in [3.8, 4) is 17.2 Å². The van der Waals surface area contributed by atoms with Crippen molar-refractivity contribution in [2.75, 3.05) is 26.5 Å². The van der Waals surface area contributed by atoms with Crippen molar-refractivity contribution in [3.05, 3.63) is 83.4 Å². The van der Waals surface area contributed by atoms with Gasteiger partial charge in [-0.2, -0.15) is 0 Å². The van der Waals surface area contributed by atoms with Gasteiger partial charge in [0.2, 0.25) is 5.91 Å². The SMILES string of the molecule is COc1ccc(CC(=O)NCCc2ccc3c(c2)O[C@@H]([C@H](C)CSc2ccccc2)C3)cc1OC. The summed E-state index contributed by atoms with van der Waals surface area (Å²) in [7, 11) is 3.19. The first-order valence-electron chi connectivity index (χ1n) is 12.0. The Bertz CT molecular complexity index is 1130. The summed E-state index contributed by atoms with van der Waals surface area (Å²) in [6.07, 6.45) is 2.22. The number of thioether (sulfide) groups is 1. The Morgan fingerprint density at radius 2 is 1.80 bits per heavy atom. The van der Waals surface area contributed by atoms with Gasteiger partial charge in [0.15, 0.2) is 11.5 Å². The van der Waals surface area contributed by atoms with Crippen molar-refractivity contribution in [2.24, 2.45) is 5.92 Å². The van der Waals surface area contributed by atoms with E-state index >= 15 is 0 Å². The highest BCUT2D eigenvalue weighted by molar-refractivity contribution is 7.99. The summed E-state index contributed by atoms with van der Waals surface area (Å²) in [5, 5.41) is 3.02. The fourth-order valence-electron chi connectivity index (χ4n) is 4.21. The van der Waals surface area contributed by atoms with Gasteiger partial charge < -0.3 is 19.5 Å². The fraction of sp³-hybridized carbons (Fsp3) is 0.345. The lowest BCUT2D eigenvalue weighted by Gasteiger charge is -2.18. The number of hydrogen-bond donors (Lipinski definition) is 1. The van der Waals surface area contributed by atoms with Crippen molar-refractivity contribution >= 4 is 17.7 Å². The van der Waals surface area contributed by atoms with Crippen molar-refractivity contribution in [2.45, 2.75) is 37.2 Å². The zero-order valence-electron chi connectivity index (χ0n) is 20.6. The van der Waals surface area contributed by atoms with Crippen molar-refractivity contribution in [3.63, 3.8) is 0 Å². The highest BCUT2D eigenvalue weighted by Crippen LogP contribution is 2.34. The monoisotopic (exact) mass is 491 g/mol. The molecule has 1 amide bonds. The number of nitrogens with one attached hydrogen (secondary N) is 1. The fourth-order valence-corrected chi connectivity index (χ4v) is 5.23. The molecule has 1 aliphatic heterocycles. The van der Waals surface area contributed by atoms with Crippen LogP contribution in [0.5, 0.6) is 17.2 Å². The molecule has 1 heterocycles. The molecule has 0 fully saturated rings. The zero-order valence-corrected chi connectivity index (χ0v) is 21.4. The van der Waals surface area contributed by atoms with E-state index in [1.807, 2.05) is 36.0 Å². The van der Waals surface area contributed by atoms with Gasteiger partial charge in [0.05, 0.1) is 20.6 Å². The third-order valence-electron chi connectivity index (χ3n) is 6.27. The Kier molecular flexibility index (Phi) is 8.59. The number of hydrogen-bond acceptors (Lipinski definition) is 5. The van der Waals surface area contributed by atoms with Gasteiger partial charge in [0.25, 0.3) is 0 Å². The van der Waals surface area contributed by atoms with E-state index in [4.69, 9.17) is 14.2 Å². The molecule has 0 aliphatic carbocycles. The molecule has 0 saturated heterocycles. The molecule has 1 aliphatic rings. The van der Waals surface area contributed by atoms with Crippen LogP contribution in [-0.4, -0.2) is 38.5 Å². The average Bonchev–Trinajstić information content (AvgIpc) is 3.31. The molecular weight excluding hydrogens is 458 g/mol. The van der Waals surface area contributed by atoms with Gasteiger partial charge in [0.1, 0.15) is 11.9 Å². The van der Waals surface area contributed by atoms with Crippen LogP contribution in [-0.2, 0) is 24.1 Å². The van der Waals surface area contributed by atoms with E-state index in [1.54, 1.807) is 14.2 Å². The van der Waals surface area contributed by atoms with Gasteiger partial charge in [-0.1, -0.05) is 43.3 Å². The number of benzene rings is 3. The van der Waals surface area contributed by atoms with Crippen molar-refractivity contribution in [1.82, 2.24) is 5.32 Å². The number of ether oxygens (including phenoxy) is 3. The van der Waals surface area contributed by atoms with E-state index in [-0.39, 0.29) is 12.0 Å². The summed E-state index contributed by atoms with van der Waals surface area (Å²) < 4.78 is 16.9. The Morgan fingerprint density at radius 1 is 1.03 bits per heavy atom. The maximum absolute atomic E-state index is 12.4. The Morgan fingerprint density at radius 3 is 2.57 bits per heavy atom. The third kappa shape index (κ3) is 6.73. The summed E-state index contributed by atoms with van der Waals surface area (Å²) in [5.41, 5.74) is 3.33. The summed E-state index contributed by atoms with van der Waals surface area (Å²) >= 11 is 1.88. The lowest BCUT2D eigenvalue weighted by atomic mass is 10.0. The molecule has 35 heavy (non-hydrogen) atoms. The normalized spacial score (nSPS) is 15.1. The van der Waals surface area contributed by atoms with E-state index in [1.165, 1.54) is 16.0 Å². The van der Waals surface area contributed by atoms with Gasteiger partial charge in [-0.05, 0) is 53.4 Å². The lowest BCUT2D eigenvalue weighted by Crippen LogP contribution is -2.27. The maximum atomic E-state index is 12.4. The number of methoxy groups -OCH3 is 2.